The fraction of sp³-hybridized carbons (Fsp3) is 0.333. The van der Waals surface area contributed by atoms with E-state index in [1.165, 1.54) is 17.1 Å². The van der Waals surface area contributed by atoms with Gasteiger partial charge >= 0.3 is 0 Å². The van der Waals surface area contributed by atoms with Gasteiger partial charge in [0.15, 0.2) is 0 Å². The molecule has 0 unspecified atom stereocenters. The van der Waals surface area contributed by atoms with Crippen LogP contribution >= 0.6 is 27.5 Å². The summed E-state index contributed by atoms with van der Waals surface area (Å²) in [5, 5.41) is 4.16. The summed E-state index contributed by atoms with van der Waals surface area (Å²) in [5.41, 5.74) is 1.22. The average molecular weight is 312 g/mol. The summed E-state index contributed by atoms with van der Waals surface area (Å²) in [6.45, 7) is 3.08. The minimum absolute atomic E-state index is 0.770. The molecule has 3 nitrogen and oxygen atoms in total. The van der Waals surface area contributed by atoms with Crippen LogP contribution < -0.4 is 5.32 Å². The lowest BCUT2D eigenvalue weighted by atomic mass is 10.1. The molecule has 0 bridgehead atoms. The van der Waals surface area contributed by atoms with Gasteiger partial charge in [-0.3, -0.25) is 0 Å². The normalized spacial score (nSPS) is 10.5. The van der Waals surface area contributed by atoms with E-state index in [1.807, 2.05) is 18.2 Å². The van der Waals surface area contributed by atoms with Crippen molar-refractivity contribution in [3.63, 3.8) is 0 Å². The molecule has 0 aliphatic heterocycles. The molecule has 1 aromatic heterocycles. The lowest BCUT2D eigenvalue weighted by molar-refractivity contribution is 0.966. The van der Waals surface area contributed by atoms with Gasteiger partial charge in [-0.05, 0) is 18.1 Å². The number of hydrogen-bond donors (Lipinski definition) is 1. The van der Waals surface area contributed by atoms with Crippen LogP contribution in [0.25, 0.3) is 0 Å². The second-order valence-corrected chi connectivity index (χ2v) is 5.32. The van der Waals surface area contributed by atoms with Gasteiger partial charge < -0.3 is 5.32 Å². The lowest BCUT2D eigenvalue weighted by Crippen LogP contribution is -1.99. The number of rotatable bonds is 5. The highest BCUT2D eigenvalue weighted by atomic mass is 79.9. The molecule has 0 amide bonds. The lowest BCUT2D eigenvalue weighted by Gasteiger charge is -2.00. The van der Waals surface area contributed by atoms with Crippen molar-refractivity contribution in [2.45, 2.75) is 19.8 Å². The van der Waals surface area contributed by atoms with Gasteiger partial charge in [0.1, 0.15) is 5.82 Å². The quantitative estimate of drug-likeness (QED) is 0.914. The molecule has 0 radical (unpaired) electrons. The van der Waals surface area contributed by atoms with Crippen molar-refractivity contribution < 1.29 is 0 Å². The van der Waals surface area contributed by atoms with E-state index in [-0.39, 0.29) is 0 Å². The van der Waals surface area contributed by atoms with Gasteiger partial charge in [0.2, 0.25) is 5.13 Å². The molecule has 0 aliphatic carbocycles. The van der Waals surface area contributed by atoms with Crippen LogP contribution in [0, 0.1) is 0 Å². The molecule has 1 aromatic carbocycles. The summed E-state index contributed by atoms with van der Waals surface area (Å²) < 4.78 is 5.46. The third kappa shape index (κ3) is 3.51. The topological polar surface area (TPSA) is 37.8 Å². The molecule has 1 N–H and O–H groups in total. The maximum absolute atomic E-state index is 4.46. The Morgan fingerprint density at radius 1 is 1.35 bits per heavy atom. The Balaban J connectivity index is 2.04. The second-order valence-electron chi connectivity index (χ2n) is 3.71. The highest BCUT2D eigenvalue weighted by molar-refractivity contribution is 9.10. The molecule has 0 spiro atoms. The van der Waals surface area contributed by atoms with Crippen molar-refractivity contribution in [3.8, 4) is 0 Å². The first kappa shape index (κ1) is 12.5. The number of benzene rings is 1. The number of aromatic nitrogens is 2. The Labute approximate surface area is 114 Å². The zero-order valence-electron chi connectivity index (χ0n) is 9.61. The van der Waals surface area contributed by atoms with Crippen LogP contribution in [0.15, 0.2) is 28.7 Å². The average Bonchev–Trinajstić information content (AvgIpc) is 2.77. The Morgan fingerprint density at radius 3 is 2.94 bits per heavy atom. The third-order valence-electron chi connectivity index (χ3n) is 2.30. The Hall–Kier alpha value is -0.940. The summed E-state index contributed by atoms with van der Waals surface area (Å²) >= 11 is 4.96. The van der Waals surface area contributed by atoms with E-state index in [2.05, 4.69) is 43.6 Å². The van der Waals surface area contributed by atoms with Crippen LogP contribution in [0.1, 0.15) is 24.7 Å². The van der Waals surface area contributed by atoms with Crippen molar-refractivity contribution in [1.29, 1.82) is 0 Å². The van der Waals surface area contributed by atoms with E-state index in [1.54, 1.807) is 0 Å². The van der Waals surface area contributed by atoms with Crippen molar-refractivity contribution in [2.75, 3.05) is 11.9 Å². The van der Waals surface area contributed by atoms with Gasteiger partial charge in [-0.1, -0.05) is 41.1 Å². The molecule has 2 aromatic rings. The predicted molar refractivity (Wildman–Crippen MR) is 75.6 cm³/mol. The summed E-state index contributed by atoms with van der Waals surface area (Å²) in [5.74, 6) is 0.875. The van der Waals surface area contributed by atoms with Gasteiger partial charge in [-0.25, -0.2) is 4.98 Å². The van der Waals surface area contributed by atoms with Crippen LogP contribution in [0.5, 0.6) is 0 Å². The molecular formula is C12H14BrN3S. The molecule has 5 heteroatoms. The number of nitrogens with zero attached hydrogens (tertiary/aromatic N) is 2. The van der Waals surface area contributed by atoms with Crippen LogP contribution in [0.2, 0.25) is 0 Å². The Bertz CT molecular complexity index is 484. The van der Waals surface area contributed by atoms with E-state index in [9.17, 15) is 0 Å². The fourth-order valence-corrected chi connectivity index (χ4v) is 2.48. The first-order valence-corrected chi connectivity index (χ1v) is 7.16. The first-order valence-electron chi connectivity index (χ1n) is 5.59. The second kappa shape index (κ2) is 6.12. The highest BCUT2D eigenvalue weighted by Crippen LogP contribution is 2.20. The minimum atomic E-state index is 0.770. The highest BCUT2D eigenvalue weighted by Gasteiger charge is 2.06. The predicted octanol–water partition coefficient (Wildman–Crippen LogP) is 3.71. The van der Waals surface area contributed by atoms with Gasteiger partial charge in [-0.2, -0.15) is 4.37 Å². The van der Waals surface area contributed by atoms with Gasteiger partial charge in [0.05, 0.1) is 0 Å². The molecule has 90 valence electrons. The summed E-state index contributed by atoms with van der Waals surface area (Å²) in [7, 11) is 0. The number of nitrogens with one attached hydrogen (secondary N) is 1. The van der Waals surface area contributed by atoms with Crippen molar-refractivity contribution >= 4 is 32.6 Å². The van der Waals surface area contributed by atoms with E-state index in [0.717, 1.165) is 34.8 Å². The van der Waals surface area contributed by atoms with E-state index >= 15 is 0 Å². The smallest absolute Gasteiger partial charge is 0.202 e. The maximum Gasteiger partial charge on any atom is 0.202 e. The molecule has 0 atom stereocenters. The molecular weight excluding hydrogens is 298 g/mol. The summed E-state index contributed by atoms with van der Waals surface area (Å²) in [4.78, 5) is 4.46. The largest absolute Gasteiger partial charge is 0.360 e. The van der Waals surface area contributed by atoms with Gasteiger partial charge in [-0.15, -0.1) is 0 Å². The molecule has 2 rings (SSSR count). The Kier molecular flexibility index (Phi) is 4.50. The monoisotopic (exact) mass is 311 g/mol. The molecule has 0 saturated carbocycles. The molecule has 17 heavy (non-hydrogen) atoms. The standard InChI is InChI=1S/C12H14BrN3S/c1-2-7-14-12-15-11(16-17-12)8-9-5-3-4-6-10(9)13/h3-6H,2,7-8H2,1H3,(H,14,15,16). The molecule has 0 aliphatic rings. The van der Waals surface area contributed by atoms with Crippen LogP contribution in [-0.2, 0) is 6.42 Å². The first-order chi connectivity index (χ1) is 8.29. The van der Waals surface area contributed by atoms with Crippen LogP contribution in [0.4, 0.5) is 5.13 Å². The molecule has 0 saturated heterocycles. The zero-order valence-corrected chi connectivity index (χ0v) is 12.0. The maximum atomic E-state index is 4.46. The number of anilines is 1. The third-order valence-corrected chi connectivity index (χ3v) is 3.78. The van der Waals surface area contributed by atoms with Gasteiger partial charge in [0.25, 0.3) is 0 Å². The van der Waals surface area contributed by atoms with E-state index in [4.69, 9.17) is 0 Å². The van der Waals surface area contributed by atoms with Crippen molar-refractivity contribution in [1.82, 2.24) is 9.36 Å². The van der Waals surface area contributed by atoms with Crippen molar-refractivity contribution in [3.05, 3.63) is 40.1 Å². The zero-order chi connectivity index (χ0) is 12.1. The van der Waals surface area contributed by atoms with Gasteiger partial charge in [0, 0.05) is 29.0 Å². The molecule has 0 fully saturated rings. The van der Waals surface area contributed by atoms with E-state index in [0.29, 0.717) is 0 Å². The minimum Gasteiger partial charge on any atom is -0.360 e. The number of hydrogen-bond acceptors (Lipinski definition) is 4. The Morgan fingerprint density at radius 2 is 2.18 bits per heavy atom. The van der Waals surface area contributed by atoms with Crippen LogP contribution in [-0.4, -0.2) is 15.9 Å². The summed E-state index contributed by atoms with van der Waals surface area (Å²) in [6.07, 6.45) is 1.87. The van der Waals surface area contributed by atoms with Crippen LogP contribution in [0.3, 0.4) is 0 Å². The number of halogens is 1. The van der Waals surface area contributed by atoms with Crippen molar-refractivity contribution in [2.24, 2.45) is 0 Å². The SMILES string of the molecule is CCCNc1nc(Cc2ccccc2Br)ns1. The molecule has 1 heterocycles. The fourth-order valence-electron chi connectivity index (χ4n) is 1.44. The van der Waals surface area contributed by atoms with E-state index < -0.39 is 0 Å². The summed E-state index contributed by atoms with van der Waals surface area (Å²) in [6, 6.07) is 8.17.